The van der Waals surface area contributed by atoms with Crippen LogP contribution >= 0.6 is 0 Å². The van der Waals surface area contributed by atoms with Gasteiger partial charge in [0.1, 0.15) is 0 Å². The highest BCUT2D eigenvalue weighted by molar-refractivity contribution is 7.92. The van der Waals surface area contributed by atoms with E-state index in [9.17, 15) is 13.5 Å². The molecule has 1 rings (SSSR count). The largest absolute Gasteiger partial charge is 0.396 e. The van der Waals surface area contributed by atoms with Gasteiger partial charge >= 0.3 is 0 Å². The quantitative estimate of drug-likeness (QED) is 0.605. The maximum absolute atomic E-state index is 13.0. The molecule has 0 aromatic heterocycles. The van der Waals surface area contributed by atoms with Crippen molar-refractivity contribution in [3.63, 3.8) is 0 Å². The molecule has 0 heterocycles. The maximum Gasteiger partial charge on any atom is 0.185 e. The molecule has 0 saturated carbocycles. The van der Waals surface area contributed by atoms with E-state index in [1.54, 1.807) is 30.3 Å². The second kappa shape index (κ2) is 10.4. The molecule has 0 fully saturated rings. The average Bonchev–Trinajstić information content (AvgIpc) is 2.55. The van der Waals surface area contributed by atoms with Crippen LogP contribution in [-0.4, -0.2) is 25.4 Å². The summed E-state index contributed by atoms with van der Waals surface area (Å²) in [6.45, 7) is 9.99. The lowest BCUT2D eigenvalue weighted by molar-refractivity contribution is 0.298. The Kier molecular flexibility index (Phi) is 8.87. The number of rotatable bonds is 10. The van der Waals surface area contributed by atoms with Crippen LogP contribution in [0.4, 0.5) is 0 Å². The van der Waals surface area contributed by atoms with E-state index in [0.717, 1.165) is 12.8 Å². The van der Waals surface area contributed by atoms with E-state index in [-0.39, 0.29) is 6.61 Å². The molecule has 4 heteroatoms. The first kappa shape index (κ1) is 21.4. The van der Waals surface area contributed by atoms with Crippen LogP contribution in [0.15, 0.2) is 70.7 Å². The van der Waals surface area contributed by atoms with Crippen LogP contribution in [0.5, 0.6) is 0 Å². The minimum absolute atomic E-state index is 0.0943. The molecule has 0 aliphatic rings. The molecule has 0 amide bonds. The zero-order chi connectivity index (χ0) is 18.9. The van der Waals surface area contributed by atoms with Gasteiger partial charge in [-0.2, -0.15) is 0 Å². The van der Waals surface area contributed by atoms with Crippen LogP contribution in [0.25, 0.3) is 0 Å². The predicted molar refractivity (Wildman–Crippen MR) is 105 cm³/mol. The van der Waals surface area contributed by atoms with Gasteiger partial charge in [-0.05, 0) is 58.6 Å². The number of aliphatic hydroxyl groups excluding tert-OH is 1. The molecule has 1 N–H and O–H groups in total. The van der Waals surface area contributed by atoms with Crippen LogP contribution in [0.2, 0.25) is 0 Å². The first-order valence-electron chi connectivity index (χ1n) is 8.65. The fourth-order valence-corrected chi connectivity index (χ4v) is 4.36. The van der Waals surface area contributed by atoms with E-state index in [2.05, 4.69) is 26.5 Å². The predicted octanol–water partition coefficient (Wildman–Crippen LogP) is 4.85. The van der Waals surface area contributed by atoms with Gasteiger partial charge in [0.15, 0.2) is 9.84 Å². The van der Waals surface area contributed by atoms with Crippen molar-refractivity contribution in [2.75, 3.05) is 6.61 Å². The lowest BCUT2D eigenvalue weighted by Crippen LogP contribution is -2.23. The molecule has 0 aliphatic carbocycles. The zero-order valence-electron chi connectivity index (χ0n) is 15.5. The van der Waals surface area contributed by atoms with Gasteiger partial charge in [-0.1, -0.05) is 53.6 Å². The summed E-state index contributed by atoms with van der Waals surface area (Å²) >= 11 is 0. The summed E-state index contributed by atoms with van der Waals surface area (Å²) < 4.78 is 26.0. The molecule has 1 aromatic carbocycles. The Labute approximate surface area is 152 Å². The lowest BCUT2D eigenvalue weighted by atomic mass is 10.0. The molecule has 1 atom stereocenters. The summed E-state index contributed by atoms with van der Waals surface area (Å²) in [5.74, 6) is 0. The molecule has 0 bridgehead atoms. The smallest absolute Gasteiger partial charge is 0.185 e. The maximum atomic E-state index is 13.0. The highest BCUT2D eigenvalue weighted by Crippen LogP contribution is 2.26. The summed E-state index contributed by atoms with van der Waals surface area (Å²) in [7, 11) is -3.52. The van der Waals surface area contributed by atoms with Crippen molar-refractivity contribution in [2.45, 2.75) is 56.6 Å². The van der Waals surface area contributed by atoms with E-state index in [0.29, 0.717) is 23.3 Å². The SMILES string of the molecule is C=C(CCO)C(C/C=C(\C)CCC=C(C)C)S(=O)(=O)c1ccccc1. The van der Waals surface area contributed by atoms with Gasteiger partial charge < -0.3 is 5.11 Å². The second-order valence-electron chi connectivity index (χ2n) is 6.58. The number of allylic oxidation sites excluding steroid dienone is 4. The molecule has 1 unspecified atom stereocenters. The van der Waals surface area contributed by atoms with Gasteiger partial charge in [0.2, 0.25) is 0 Å². The van der Waals surface area contributed by atoms with Crippen molar-refractivity contribution in [1.82, 2.24) is 0 Å². The lowest BCUT2D eigenvalue weighted by Gasteiger charge is -2.19. The molecule has 138 valence electrons. The van der Waals surface area contributed by atoms with Crippen LogP contribution in [-0.2, 0) is 9.84 Å². The molecule has 0 radical (unpaired) electrons. The molecule has 3 nitrogen and oxygen atoms in total. The van der Waals surface area contributed by atoms with Crippen molar-refractivity contribution in [2.24, 2.45) is 0 Å². The Morgan fingerprint density at radius 3 is 2.32 bits per heavy atom. The summed E-state index contributed by atoms with van der Waals surface area (Å²) in [6, 6.07) is 8.46. The third-order valence-corrected chi connectivity index (χ3v) is 6.31. The molecular formula is C21H30O3S. The summed E-state index contributed by atoms with van der Waals surface area (Å²) in [4.78, 5) is 0.301. The van der Waals surface area contributed by atoms with Crippen molar-refractivity contribution < 1.29 is 13.5 Å². The van der Waals surface area contributed by atoms with Gasteiger partial charge in [-0.3, -0.25) is 0 Å². The highest BCUT2D eigenvalue weighted by atomic mass is 32.2. The van der Waals surface area contributed by atoms with Crippen LogP contribution < -0.4 is 0 Å². The molecule has 0 spiro atoms. The molecule has 25 heavy (non-hydrogen) atoms. The third-order valence-electron chi connectivity index (χ3n) is 4.11. The van der Waals surface area contributed by atoms with E-state index in [1.165, 1.54) is 11.1 Å². The van der Waals surface area contributed by atoms with Crippen LogP contribution in [0.3, 0.4) is 0 Å². The summed E-state index contributed by atoms with van der Waals surface area (Å²) in [5, 5.41) is 8.48. The fourth-order valence-electron chi connectivity index (χ4n) is 2.59. The van der Waals surface area contributed by atoms with E-state index in [4.69, 9.17) is 0 Å². The summed E-state index contributed by atoms with van der Waals surface area (Å²) in [5.41, 5.74) is 3.01. The van der Waals surface area contributed by atoms with Gasteiger partial charge in [0.25, 0.3) is 0 Å². The van der Waals surface area contributed by atoms with Gasteiger partial charge in [0, 0.05) is 6.61 Å². The van der Waals surface area contributed by atoms with Gasteiger partial charge in [0.05, 0.1) is 10.1 Å². The first-order chi connectivity index (χ1) is 11.8. The Morgan fingerprint density at radius 2 is 1.76 bits per heavy atom. The number of sulfone groups is 1. The standard InChI is InChI=1S/C21H30O3S/c1-17(2)9-8-10-18(3)13-14-21(19(4)15-16-22)25(23,24)20-11-6-5-7-12-20/h5-7,9,11-13,21-22H,4,8,10,14-16H2,1-3H3/b18-13+. The fraction of sp³-hybridized carbons (Fsp3) is 0.429. The Morgan fingerprint density at radius 1 is 1.12 bits per heavy atom. The van der Waals surface area contributed by atoms with E-state index >= 15 is 0 Å². The monoisotopic (exact) mass is 362 g/mol. The molecule has 1 aromatic rings. The molecular weight excluding hydrogens is 332 g/mol. The Balaban J connectivity index is 2.98. The number of aliphatic hydroxyl groups is 1. The van der Waals surface area contributed by atoms with Crippen molar-refractivity contribution in [1.29, 1.82) is 0 Å². The second-order valence-corrected chi connectivity index (χ2v) is 8.72. The number of hydrogen-bond acceptors (Lipinski definition) is 3. The zero-order valence-corrected chi connectivity index (χ0v) is 16.3. The first-order valence-corrected chi connectivity index (χ1v) is 10.2. The van der Waals surface area contributed by atoms with E-state index in [1.807, 2.05) is 13.0 Å². The van der Waals surface area contributed by atoms with Gasteiger partial charge in [-0.15, -0.1) is 0 Å². The average molecular weight is 363 g/mol. The minimum atomic E-state index is -3.52. The topological polar surface area (TPSA) is 54.4 Å². The van der Waals surface area contributed by atoms with Crippen molar-refractivity contribution >= 4 is 9.84 Å². The minimum Gasteiger partial charge on any atom is -0.396 e. The number of benzene rings is 1. The van der Waals surface area contributed by atoms with Crippen molar-refractivity contribution in [3.8, 4) is 0 Å². The van der Waals surface area contributed by atoms with Crippen LogP contribution in [0.1, 0.15) is 46.5 Å². The van der Waals surface area contributed by atoms with Gasteiger partial charge in [-0.25, -0.2) is 8.42 Å². The number of hydrogen-bond donors (Lipinski definition) is 1. The normalized spacial score (nSPS) is 13.4. The van der Waals surface area contributed by atoms with Crippen molar-refractivity contribution in [3.05, 3.63) is 65.8 Å². The Hall–Kier alpha value is -1.65. The molecule has 0 aliphatic heterocycles. The third kappa shape index (κ3) is 7.00. The Bertz CT molecular complexity index is 709. The van der Waals surface area contributed by atoms with E-state index < -0.39 is 15.1 Å². The van der Waals surface area contributed by atoms with Crippen LogP contribution in [0, 0.1) is 0 Å². The summed E-state index contributed by atoms with van der Waals surface area (Å²) in [6.07, 6.45) is 6.72. The molecule has 0 saturated heterocycles. The highest BCUT2D eigenvalue weighted by Gasteiger charge is 2.28.